The van der Waals surface area contributed by atoms with E-state index in [9.17, 15) is 13.2 Å². The van der Waals surface area contributed by atoms with Gasteiger partial charge in [0.25, 0.3) is 0 Å². The number of hydrogen-bond acceptors (Lipinski definition) is 0. The summed E-state index contributed by atoms with van der Waals surface area (Å²) in [5.74, 6) is -2.22. The SMILES string of the molecule is CCc1ccc2cc(-c3cc(F)c(-c4ccc(Cl)c(F)c4)c(F)c3)ccc2c1. The Morgan fingerprint density at radius 3 is 1.93 bits per heavy atom. The minimum atomic E-state index is -0.752. The second-order valence-corrected chi connectivity index (χ2v) is 7.10. The van der Waals surface area contributed by atoms with E-state index in [1.54, 1.807) is 0 Å². The van der Waals surface area contributed by atoms with Crippen LogP contribution in [0, 0.1) is 17.5 Å². The minimum Gasteiger partial charge on any atom is -0.206 e. The fourth-order valence-corrected chi connectivity index (χ4v) is 3.48. The van der Waals surface area contributed by atoms with E-state index in [-0.39, 0.29) is 16.1 Å². The van der Waals surface area contributed by atoms with Crippen LogP contribution in [0.3, 0.4) is 0 Å². The van der Waals surface area contributed by atoms with E-state index in [2.05, 4.69) is 13.0 Å². The summed E-state index contributed by atoms with van der Waals surface area (Å²) >= 11 is 5.66. The molecule has 4 aromatic carbocycles. The number of hydrogen-bond donors (Lipinski definition) is 0. The van der Waals surface area contributed by atoms with Gasteiger partial charge in [0.15, 0.2) is 0 Å². The summed E-state index contributed by atoms with van der Waals surface area (Å²) in [5, 5.41) is 1.99. The zero-order valence-corrected chi connectivity index (χ0v) is 15.8. The van der Waals surface area contributed by atoms with Crippen LogP contribution in [0.2, 0.25) is 5.02 Å². The summed E-state index contributed by atoms with van der Waals surface area (Å²) in [7, 11) is 0. The van der Waals surface area contributed by atoms with Crippen LogP contribution in [0.4, 0.5) is 13.2 Å². The Morgan fingerprint density at radius 1 is 0.643 bits per heavy atom. The lowest BCUT2D eigenvalue weighted by molar-refractivity contribution is 0.589. The molecule has 0 aliphatic heterocycles. The van der Waals surface area contributed by atoms with Crippen molar-refractivity contribution in [3.05, 3.63) is 94.8 Å². The molecule has 4 aromatic rings. The third kappa shape index (κ3) is 3.38. The first-order valence-corrected chi connectivity index (χ1v) is 9.31. The smallest absolute Gasteiger partial charge is 0.142 e. The molecule has 0 nitrogen and oxygen atoms in total. The average molecular weight is 397 g/mol. The molecule has 0 aromatic heterocycles. The van der Waals surface area contributed by atoms with Crippen molar-refractivity contribution < 1.29 is 13.2 Å². The molecule has 0 N–H and O–H groups in total. The molecule has 0 amide bonds. The van der Waals surface area contributed by atoms with E-state index in [1.807, 2.05) is 30.3 Å². The quantitative estimate of drug-likeness (QED) is 0.331. The lowest BCUT2D eigenvalue weighted by Gasteiger charge is -2.10. The highest BCUT2D eigenvalue weighted by Gasteiger charge is 2.16. The standard InChI is InChI=1S/C24H16ClF3/c1-2-14-3-4-16-10-17(6-5-15(16)9-14)19-12-22(27)24(23(28)13-19)18-7-8-20(25)21(26)11-18/h3-13H,2H2,1H3. The topological polar surface area (TPSA) is 0 Å². The van der Waals surface area contributed by atoms with Crippen molar-refractivity contribution in [1.29, 1.82) is 0 Å². The Balaban J connectivity index is 1.79. The van der Waals surface area contributed by atoms with Crippen molar-refractivity contribution in [2.24, 2.45) is 0 Å². The Labute approximate surface area is 166 Å². The van der Waals surface area contributed by atoms with Gasteiger partial charge in [-0.05, 0) is 69.8 Å². The summed E-state index contributed by atoms with van der Waals surface area (Å²) < 4.78 is 43.2. The van der Waals surface area contributed by atoms with Crippen LogP contribution >= 0.6 is 11.6 Å². The lowest BCUT2D eigenvalue weighted by Crippen LogP contribution is -1.93. The van der Waals surface area contributed by atoms with Gasteiger partial charge in [-0.25, -0.2) is 13.2 Å². The van der Waals surface area contributed by atoms with Crippen molar-refractivity contribution in [2.75, 3.05) is 0 Å². The summed E-state index contributed by atoms with van der Waals surface area (Å²) in [5.41, 5.74) is 2.21. The van der Waals surface area contributed by atoms with Gasteiger partial charge >= 0.3 is 0 Å². The predicted molar refractivity (Wildman–Crippen MR) is 109 cm³/mol. The molecule has 0 fully saturated rings. The second kappa shape index (κ2) is 7.33. The predicted octanol–water partition coefficient (Wildman–Crippen LogP) is 7.81. The maximum absolute atomic E-state index is 14.7. The van der Waals surface area contributed by atoms with Crippen LogP contribution in [-0.4, -0.2) is 0 Å². The highest BCUT2D eigenvalue weighted by atomic mass is 35.5. The maximum Gasteiger partial charge on any atom is 0.142 e. The zero-order chi connectivity index (χ0) is 19.8. The van der Waals surface area contributed by atoms with E-state index in [0.717, 1.165) is 23.3 Å². The first-order valence-electron chi connectivity index (χ1n) is 8.94. The van der Waals surface area contributed by atoms with Crippen molar-refractivity contribution in [3.63, 3.8) is 0 Å². The second-order valence-electron chi connectivity index (χ2n) is 6.69. The van der Waals surface area contributed by atoms with Crippen molar-refractivity contribution >= 4 is 22.4 Å². The number of rotatable bonds is 3. The van der Waals surface area contributed by atoms with Gasteiger partial charge in [-0.3, -0.25) is 0 Å². The molecular weight excluding hydrogens is 381 g/mol. The molecule has 140 valence electrons. The highest BCUT2D eigenvalue weighted by molar-refractivity contribution is 6.30. The van der Waals surface area contributed by atoms with Crippen LogP contribution in [0.15, 0.2) is 66.7 Å². The summed E-state index contributed by atoms with van der Waals surface area (Å²) in [4.78, 5) is 0. The molecule has 4 heteroatoms. The molecule has 0 atom stereocenters. The lowest BCUT2D eigenvalue weighted by atomic mass is 9.96. The molecule has 0 bridgehead atoms. The van der Waals surface area contributed by atoms with E-state index >= 15 is 0 Å². The number of halogens is 4. The van der Waals surface area contributed by atoms with Gasteiger partial charge in [0.2, 0.25) is 0 Å². The van der Waals surface area contributed by atoms with Gasteiger partial charge in [0.1, 0.15) is 17.5 Å². The van der Waals surface area contributed by atoms with Gasteiger partial charge in [-0.1, -0.05) is 54.9 Å². The Kier molecular flexibility index (Phi) is 4.86. The van der Waals surface area contributed by atoms with Crippen molar-refractivity contribution in [1.82, 2.24) is 0 Å². The van der Waals surface area contributed by atoms with Crippen LogP contribution < -0.4 is 0 Å². The first kappa shape index (κ1) is 18.6. The average Bonchev–Trinajstić information content (AvgIpc) is 2.69. The van der Waals surface area contributed by atoms with Crippen molar-refractivity contribution in [2.45, 2.75) is 13.3 Å². The Morgan fingerprint density at radius 2 is 1.25 bits per heavy atom. The zero-order valence-electron chi connectivity index (χ0n) is 15.1. The molecule has 0 unspecified atom stereocenters. The fourth-order valence-electron chi connectivity index (χ4n) is 3.36. The summed E-state index contributed by atoms with van der Waals surface area (Å²) in [6, 6.07) is 18.1. The van der Waals surface area contributed by atoms with Gasteiger partial charge < -0.3 is 0 Å². The van der Waals surface area contributed by atoms with Crippen LogP contribution in [-0.2, 0) is 6.42 Å². The van der Waals surface area contributed by atoms with E-state index in [4.69, 9.17) is 11.6 Å². The first-order chi connectivity index (χ1) is 13.5. The molecule has 4 rings (SSSR count). The van der Waals surface area contributed by atoms with E-state index in [0.29, 0.717) is 11.1 Å². The summed E-state index contributed by atoms with van der Waals surface area (Å²) in [6.07, 6.45) is 0.945. The molecule has 0 heterocycles. The number of benzene rings is 4. The monoisotopic (exact) mass is 396 g/mol. The Hall–Kier alpha value is -2.78. The molecule has 0 spiro atoms. The third-order valence-corrected chi connectivity index (χ3v) is 5.20. The van der Waals surface area contributed by atoms with Crippen LogP contribution in [0.1, 0.15) is 12.5 Å². The molecule has 0 saturated heterocycles. The number of aryl methyl sites for hydroxylation is 1. The number of fused-ring (bicyclic) bond motifs is 1. The summed E-state index contributed by atoms with van der Waals surface area (Å²) in [6.45, 7) is 2.09. The van der Waals surface area contributed by atoms with E-state index in [1.165, 1.54) is 29.8 Å². The normalized spacial score (nSPS) is 11.2. The fraction of sp³-hybridized carbons (Fsp3) is 0.0833. The van der Waals surface area contributed by atoms with E-state index < -0.39 is 17.5 Å². The Bertz CT molecular complexity index is 1170. The molecule has 0 aliphatic carbocycles. The maximum atomic E-state index is 14.7. The third-order valence-electron chi connectivity index (χ3n) is 4.90. The molecule has 0 aliphatic rings. The molecule has 28 heavy (non-hydrogen) atoms. The molecule has 0 saturated carbocycles. The van der Waals surface area contributed by atoms with Crippen LogP contribution in [0.25, 0.3) is 33.0 Å². The molecule has 0 radical (unpaired) electrons. The van der Waals surface area contributed by atoms with Gasteiger partial charge in [0.05, 0.1) is 10.6 Å². The van der Waals surface area contributed by atoms with Crippen LogP contribution in [0.5, 0.6) is 0 Å². The van der Waals surface area contributed by atoms with Gasteiger partial charge in [-0.15, -0.1) is 0 Å². The largest absolute Gasteiger partial charge is 0.206 e. The van der Waals surface area contributed by atoms with Gasteiger partial charge in [-0.2, -0.15) is 0 Å². The molecular formula is C24H16ClF3. The van der Waals surface area contributed by atoms with Crippen molar-refractivity contribution in [3.8, 4) is 22.3 Å². The highest BCUT2D eigenvalue weighted by Crippen LogP contribution is 2.33. The van der Waals surface area contributed by atoms with Gasteiger partial charge in [0, 0.05) is 0 Å². The minimum absolute atomic E-state index is 0.0939.